The van der Waals surface area contributed by atoms with Crippen molar-refractivity contribution in [3.8, 4) is 11.5 Å². The van der Waals surface area contributed by atoms with Gasteiger partial charge in [0.25, 0.3) is 11.8 Å². The van der Waals surface area contributed by atoms with Crippen molar-refractivity contribution in [1.82, 2.24) is 0 Å². The standard InChI is InChI=1S/C22H20N2O4/c1-27-18-13-11-17(12-14-18)23-21(25)15-28-20-10-6-5-9-19(20)22(26)24-16-7-3-2-4-8-16/h2-14H,15H2,1H3,(H,23,25)(H,24,26). The van der Waals surface area contributed by atoms with Crippen molar-refractivity contribution in [2.45, 2.75) is 0 Å². The fraction of sp³-hybridized carbons (Fsp3) is 0.0909. The van der Waals surface area contributed by atoms with E-state index in [0.717, 1.165) is 0 Å². The van der Waals surface area contributed by atoms with Crippen LogP contribution in [0.4, 0.5) is 11.4 Å². The van der Waals surface area contributed by atoms with E-state index in [-0.39, 0.29) is 18.4 Å². The molecule has 0 aliphatic rings. The summed E-state index contributed by atoms with van der Waals surface area (Å²) in [7, 11) is 1.58. The van der Waals surface area contributed by atoms with Crippen molar-refractivity contribution in [3.05, 3.63) is 84.4 Å². The van der Waals surface area contributed by atoms with Gasteiger partial charge in [-0.1, -0.05) is 30.3 Å². The molecule has 0 saturated carbocycles. The average Bonchev–Trinajstić information content (AvgIpc) is 2.74. The predicted molar refractivity (Wildman–Crippen MR) is 108 cm³/mol. The summed E-state index contributed by atoms with van der Waals surface area (Å²) in [6, 6.07) is 22.9. The minimum Gasteiger partial charge on any atom is -0.497 e. The monoisotopic (exact) mass is 376 g/mol. The number of methoxy groups -OCH3 is 1. The van der Waals surface area contributed by atoms with Crippen molar-refractivity contribution >= 4 is 23.2 Å². The molecule has 0 fully saturated rings. The molecule has 6 nitrogen and oxygen atoms in total. The van der Waals surface area contributed by atoms with Crippen LogP contribution in [0.5, 0.6) is 11.5 Å². The van der Waals surface area contributed by atoms with E-state index < -0.39 is 0 Å². The first-order valence-electron chi connectivity index (χ1n) is 8.68. The summed E-state index contributed by atoms with van der Waals surface area (Å²) >= 11 is 0. The number of amides is 2. The molecule has 3 aromatic carbocycles. The number of hydrogen-bond donors (Lipinski definition) is 2. The van der Waals surface area contributed by atoms with E-state index >= 15 is 0 Å². The van der Waals surface area contributed by atoms with E-state index in [2.05, 4.69) is 10.6 Å². The van der Waals surface area contributed by atoms with E-state index in [1.165, 1.54) is 0 Å². The molecule has 0 saturated heterocycles. The molecule has 0 aromatic heterocycles. The van der Waals surface area contributed by atoms with Crippen molar-refractivity contribution < 1.29 is 19.1 Å². The summed E-state index contributed by atoms with van der Waals surface area (Å²) in [5.74, 6) is 0.397. The fourth-order valence-electron chi connectivity index (χ4n) is 2.51. The van der Waals surface area contributed by atoms with Gasteiger partial charge in [-0.2, -0.15) is 0 Å². The molecular formula is C22H20N2O4. The number of rotatable bonds is 7. The van der Waals surface area contributed by atoms with Crippen molar-refractivity contribution in [3.63, 3.8) is 0 Å². The second-order valence-electron chi connectivity index (χ2n) is 5.88. The topological polar surface area (TPSA) is 76.7 Å². The second kappa shape index (κ2) is 9.23. The van der Waals surface area contributed by atoms with Gasteiger partial charge in [0.15, 0.2) is 6.61 Å². The van der Waals surface area contributed by atoms with Crippen LogP contribution >= 0.6 is 0 Å². The van der Waals surface area contributed by atoms with Gasteiger partial charge in [0.1, 0.15) is 11.5 Å². The maximum atomic E-state index is 12.5. The summed E-state index contributed by atoms with van der Waals surface area (Å²) in [6.45, 7) is -0.221. The molecule has 142 valence electrons. The van der Waals surface area contributed by atoms with Crippen molar-refractivity contribution in [2.75, 3.05) is 24.4 Å². The van der Waals surface area contributed by atoms with Crippen LogP contribution in [0, 0.1) is 0 Å². The molecule has 0 spiro atoms. The molecule has 0 aliphatic carbocycles. The molecule has 0 unspecified atom stereocenters. The number of carbonyl (C=O) groups is 2. The van der Waals surface area contributed by atoms with E-state index in [1.54, 1.807) is 67.8 Å². The van der Waals surface area contributed by atoms with Crippen molar-refractivity contribution in [1.29, 1.82) is 0 Å². The van der Waals surface area contributed by atoms with Crippen molar-refractivity contribution in [2.24, 2.45) is 0 Å². The van der Waals surface area contributed by atoms with Gasteiger partial charge in [0.05, 0.1) is 12.7 Å². The Balaban J connectivity index is 1.61. The van der Waals surface area contributed by atoms with Crippen LogP contribution in [0.3, 0.4) is 0 Å². The number of nitrogens with one attached hydrogen (secondary N) is 2. The third-order valence-corrected chi connectivity index (χ3v) is 3.90. The molecule has 6 heteroatoms. The quantitative estimate of drug-likeness (QED) is 0.654. The van der Waals surface area contributed by atoms with Crippen LogP contribution in [-0.4, -0.2) is 25.5 Å². The Bertz CT molecular complexity index is 940. The molecule has 3 rings (SSSR count). The van der Waals surface area contributed by atoms with Gasteiger partial charge in [-0.05, 0) is 48.5 Å². The number of carbonyl (C=O) groups excluding carboxylic acids is 2. The van der Waals surface area contributed by atoms with E-state index in [4.69, 9.17) is 9.47 Å². The average molecular weight is 376 g/mol. The number of para-hydroxylation sites is 2. The lowest BCUT2D eigenvalue weighted by Gasteiger charge is -2.12. The molecule has 28 heavy (non-hydrogen) atoms. The van der Waals surface area contributed by atoms with Gasteiger partial charge in [0.2, 0.25) is 0 Å². The molecule has 0 bridgehead atoms. The van der Waals surface area contributed by atoms with Gasteiger partial charge in [0, 0.05) is 11.4 Å². The minimum absolute atomic E-state index is 0.221. The number of benzene rings is 3. The van der Waals surface area contributed by atoms with Gasteiger partial charge >= 0.3 is 0 Å². The normalized spacial score (nSPS) is 10.0. The van der Waals surface area contributed by atoms with Crippen LogP contribution in [-0.2, 0) is 4.79 Å². The summed E-state index contributed by atoms with van der Waals surface area (Å²) in [5, 5.41) is 5.54. The van der Waals surface area contributed by atoms with Crippen LogP contribution < -0.4 is 20.1 Å². The highest BCUT2D eigenvalue weighted by molar-refractivity contribution is 6.06. The lowest BCUT2D eigenvalue weighted by molar-refractivity contribution is -0.118. The van der Waals surface area contributed by atoms with E-state index in [1.807, 2.05) is 18.2 Å². The first-order chi connectivity index (χ1) is 13.7. The number of anilines is 2. The Hall–Kier alpha value is -3.80. The lowest BCUT2D eigenvalue weighted by Crippen LogP contribution is -2.21. The molecule has 3 aromatic rings. The third-order valence-electron chi connectivity index (χ3n) is 3.90. The maximum absolute atomic E-state index is 12.5. The fourth-order valence-corrected chi connectivity index (χ4v) is 2.51. The Morgan fingerprint density at radius 1 is 0.786 bits per heavy atom. The van der Waals surface area contributed by atoms with Gasteiger partial charge in [-0.3, -0.25) is 9.59 Å². The molecule has 0 atom stereocenters. The summed E-state index contributed by atoms with van der Waals surface area (Å²) in [6.07, 6.45) is 0. The molecule has 0 heterocycles. The maximum Gasteiger partial charge on any atom is 0.262 e. The second-order valence-corrected chi connectivity index (χ2v) is 5.88. The molecule has 0 aliphatic heterocycles. The molecule has 2 N–H and O–H groups in total. The zero-order chi connectivity index (χ0) is 19.8. The summed E-state index contributed by atoms with van der Waals surface area (Å²) in [5.41, 5.74) is 1.66. The Morgan fingerprint density at radius 3 is 2.14 bits per heavy atom. The summed E-state index contributed by atoms with van der Waals surface area (Å²) < 4.78 is 10.7. The first-order valence-corrected chi connectivity index (χ1v) is 8.68. The summed E-state index contributed by atoms with van der Waals surface area (Å²) in [4.78, 5) is 24.7. The van der Waals surface area contributed by atoms with Gasteiger partial charge < -0.3 is 20.1 Å². The molecule has 2 amide bonds. The van der Waals surface area contributed by atoms with Crippen LogP contribution in [0.15, 0.2) is 78.9 Å². The number of hydrogen-bond acceptors (Lipinski definition) is 4. The SMILES string of the molecule is COc1ccc(NC(=O)COc2ccccc2C(=O)Nc2ccccc2)cc1. The third kappa shape index (κ3) is 5.11. The lowest BCUT2D eigenvalue weighted by atomic mass is 10.2. The molecular weight excluding hydrogens is 356 g/mol. The predicted octanol–water partition coefficient (Wildman–Crippen LogP) is 3.97. The largest absolute Gasteiger partial charge is 0.497 e. The first kappa shape index (κ1) is 19.0. The molecule has 0 radical (unpaired) electrons. The Morgan fingerprint density at radius 2 is 1.43 bits per heavy atom. The van der Waals surface area contributed by atoms with Gasteiger partial charge in [-0.25, -0.2) is 0 Å². The van der Waals surface area contributed by atoms with Crippen LogP contribution in [0.2, 0.25) is 0 Å². The zero-order valence-corrected chi connectivity index (χ0v) is 15.3. The van der Waals surface area contributed by atoms with Crippen LogP contribution in [0.25, 0.3) is 0 Å². The zero-order valence-electron chi connectivity index (χ0n) is 15.3. The number of ether oxygens (including phenoxy) is 2. The van der Waals surface area contributed by atoms with E-state index in [0.29, 0.717) is 28.4 Å². The van der Waals surface area contributed by atoms with Gasteiger partial charge in [-0.15, -0.1) is 0 Å². The van der Waals surface area contributed by atoms with Crippen LogP contribution in [0.1, 0.15) is 10.4 Å². The van der Waals surface area contributed by atoms with E-state index in [9.17, 15) is 9.59 Å². The Labute approximate surface area is 163 Å². The smallest absolute Gasteiger partial charge is 0.262 e. The highest BCUT2D eigenvalue weighted by Crippen LogP contribution is 2.20. The minimum atomic E-state index is -0.330. The highest BCUT2D eigenvalue weighted by Gasteiger charge is 2.13. The Kier molecular flexibility index (Phi) is 6.25. The highest BCUT2D eigenvalue weighted by atomic mass is 16.5.